The molecule has 2 amide bonds. The Bertz CT molecular complexity index is 429. The van der Waals surface area contributed by atoms with Gasteiger partial charge in [-0.15, -0.1) is 0 Å². The van der Waals surface area contributed by atoms with Crippen LogP contribution in [0.2, 0.25) is 0 Å². The second-order valence-electron chi connectivity index (χ2n) is 6.07. The quantitative estimate of drug-likeness (QED) is 0.397. The van der Waals surface area contributed by atoms with Gasteiger partial charge >= 0.3 is 29.6 Å². The zero-order valence-electron chi connectivity index (χ0n) is 13.6. The van der Waals surface area contributed by atoms with Gasteiger partial charge in [0.2, 0.25) is 11.8 Å². The van der Waals surface area contributed by atoms with Gasteiger partial charge in [-0.2, -0.15) is 0 Å². The van der Waals surface area contributed by atoms with Crippen LogP contribution in [0.1, 0.15) is 39.5 Å². The van der Waals surface area contributed by atoms with E-state index in [0.29, 0.717) is 19.4 Å². The molecule has 1 fully saturated rings. The van der Waals surface area contributed by atoms with E-state index < -0.39 is 17.4 Å². The number of nitrogens with one attached hydrogen (secondary N) is 2. The van der Waals surface area contributed by atoms with E-state index in [0.717, 1.165) is 18.9 Å². The van der Waals surface area contributed by atoms with Gasteiger partial charge in [-0.25, -0.2) is 0 Å². The van der Waals surface area contributed by atoms with Crippen molar-refractivity contribution in [1.82, 2.24) is 10.6 Å². The maximum absolute atomic E-state index is 12.1. The molecular weight excluding hydrogens is 295 g/mol. The Kier molecular flexibility index (Phi) is 8.96. The summed E-state index contributed by atoms with van der Waals surface area (Å²) in [6.45, 7) is 7.08. The molecule has 118 valence electrons. The maximum Gasteiger partial charge on any atom is 1.00 e. The largest absolute Gasteiger partial charge is 1.00 e. The molecule has 1 saturated carbocycles. The van der Waals surface area contributed by atoms with E-state index in [2.05, 4.69) is 17.2 Å². The molecule has 0 heterocycles. The van der Waals surface area contributed by atoms with Crippen LogP contribution in [0.3, 0.4) is 0 Å². The zero-order chi connectivity index (χ0) is 16.0. The summed E-state index contributed by atoms with van der Waals surface area (Å²) in [6, 6.07) is 0. The van der Waals surface area contributed by atoms with Gasteiger partial charge in [0, 0.05) is 12.5 Å². The van der Waals surface area contributed by atoms with Crippen LogP contribution in [-0.4, -0.2) is 29.9 Å². The van der Waals surface area contributed by atoms with Crippen molar-refractivity contribution in [3.05, 3.63) is 12.7 Å². The molecule has 1 aliphatic rings. The maximum atomic E-state index is 12.1. The predicted molar refractivity (Wildman–Crippen MR) is 75.9 cm³/mol. The first-order chi connectivity index (χ1) is 9.76. The van der Waals surface area contributed by atoms with Crippen LogP contribution < -0.4 is 45.3 Å². The smallest absolute Gasteiger partial charge is 0.550 e. The predicted octanol–water partition coefficient (Wildman–Crippen LogP) is -3.26. The minimum Gasteiger partial charge on any atom is -0.550 e. The third-order valence-corrected chi connectivity index (χ3v) is 3.92. The van der Waals surface area contributed by atoms with Crippen molar-refractivity contribution in [2.45, 2.75) is 45.1 Å². The van der Waals surface area contributed by atoms with Crippen molar-refractivity contribution in [3.63, 3.8) is 0 Å². The van der Waals surface area contributed by atoms with Crippen LogP contribution in [-0.2, 0) is 14.4 Å². The Balaban J connectivity index is 0.00000441. The van der Waals surface area contributed by atoms with Gasteiger partial charge in [-0.3, -0.25) is 9.59 Å². The van der Waals surface area contributed by atoms with Crippen molar-refractivity contribution < 1.29 is 49.0 Å². The Hall–Kier alpha value is -0.850. The summed E-state index contributed by atoms with van der Waals surface area (Å²) in [7, 11) is 0. The molecule has 0 bridgehead atoms. The molecule has 1 aliphatic carbocycles. The van der Waals surface area contributed by atoms with E-state index in [1.54, 1.807) is 13.8 Å². The average Bonchev–Trinajstić information content (AvgIpc) is 2.44. The van der Waals surface area contributed by atoms with Crippen LogP contribution in [0.25, 0.3) is 0 Å². The fourth-order valence-electron chi connectivity index (χ4n) is 2.48. The Labute approximate surface area is 153 Å². The molecule has 0 unspecified atom stereocenters. The molecule has 6 nitrogen and oxygen atoms in total. The monoisotopic (exact) mass is 318 g/mol. The molecule has 0 radical (unpaired) electrons. The van der Waals surface area contributed by atoms with Gasteiger partial charge in [0.15, 0.2) is 0 Å². The van der Waals surface area contributed by atoms with Gasteiger partial charge in [0.1, 0.15) is 5.54 Å². The van der Waals surface area contributed by atoms with Crippen molar-refractivity contribution in [3.8, 4) is 0 Å². The third kappa shape index (κ3) is 6.50. The Morgan fingerprint density at radius 2 is 1.77 bits per heavy atom. The summed E-state index contributed by atoms with van der Waals surface area (Å²) < 4.78 is 0. The number of amides is 2. The first kappa shape index (κ1) is 21.1. The van der Waals surface area contributed by atoms with Crippen molar-refractivity contribution >= 4 is 17.8 Å². The summed E-state index contributed by atoms with van der Waals surface area (Å²) in [5.74, 6) is -1.73. The summed E-state index contributed by atoms with van der Waals surface area (Å²) in [5, 5.41) is 16.1. The number of hydrogen-bond donors (Lipinski definition) is 2. The van der Waals surface area contributed by atoms with Crippen LogP contribution in [0.4, 0.5) is 0 Å². The molecular formula is C15H23N2NaO4. The third-order valence-electron chi connectivity index (χ3n) is 3.92. The number of carbonyl (C=O) groups is 3. The molecule has 0 aromatic heterocycles. The van der Waals surface area contributed by atoms with E-state index in [1.807, 2.05) is 0 Å². The Morgan fingerprint density at radius 1 is 1.23 bits per heavy atom. The SMILES string of the molecule is C=CC(=O)NC(C)(C)C(=O)NCC1CCC(C(=O)[O-])CC1.[Na+]. The number of carboxylic acid groups (broad SMARTS) is 1. The molecule has 22 heavy (non-hydrogen) atoms. The Morgan fingerprint density at radius 3 is 2.23 bits per heavy atom. The van der Waals surface area contributed by atoms with Crippen LogP contribution in [0.5, 0.6) is 0 Å². The number of aliphatic carboxylic acids is 1. The van der Waals surface area contributed by atoms with E-state index in [1.165, 1.54) is 0 Å². The number of hydrogen-bond acceptors (Lipinski definition) is 4. The minimum absolute atomic E-state index is 0. The summed E-state index contributed by atoms with van der Waals surface area (Å²) >= 11 is 0. The van der Waals surface area contributed by atoms with Gasteiger partial charge in [0.25, 0.3) is 0 Å². The fraction of sp³-hybridized carbons (Fsp3) is 0.667. The van der Waals surface area contributed by atoms with Gasteiger partial charge in [0.05, 0.1) is 0 Å². The van der Waals surface area contributed by atoms with E-state index in [4.69, 9.17) is 0 Å². The van der Waals surface area contributed by atoms with Crippen molar-refractivity contribution in [1.29, 1.82) is 0 Å². The normalized spacial score (nSPS) is 21.2. The number of carboxylic acids is 1. The second kappa shape index (κ2) is 9.33. The van der Waals surface area contributed by atoms with Crippen LogP contribution >= 0.6 is 0 Å². The molecule has 0 spiro atoms. The zero-order valence-corrected chi connectivity index (χ0v) is 15.6. The van der Waals surface area contributed by atoms with Gasteiger partial charge < -0.3 is 20.5 Å². The summed E-state index contributed by atoms with van der Waals surface area (Å²) in [4.78, 5) is 34.1. The molecule has 0 aromatic rings. The second-order valence-corrected chi connectivity index (χ2v) is 6.07. The number of carbonyl (C=O) groups excluding carboxylic acids is 3. The van der Waals surface area contributed by atoms with Gasteiger partial charge in [-0.1, -0.05) is 6.58 Å². The standard InChI is InChI=1S/C15H24N2O4.Na/c1-4-12(18)17-15(2,3)14(21)16-9-10-5-7-11(8-6-10)13(19)20;/h4,10-11H,1,5-9H2,2-3H3,(H,16,21)(H,17,18)(H,19,20);/q;+1/p-1. The average molecular weight is 318 g/mol. The molecule has 0 aliphatic heterocycles. The molecule has 2 N–H and O–H groups in total. The topological polar surface area (TPSA) is 98.3 Å². The molecule has 0 saturated heterocycles. The summed E-state index contributed by atoms with van der Waals surface area (Å²) in [6.07, 6.45) is 3.84. The molecule has 0 atom stereocenters. The van der Waals surface area contributed by atoms with Crippen molar-refractivity contribution in [2.24, 2.45) is 11.8 Å². The molecule has 0 aromatic carbocycles. The van der Waals surface area contributed by atoms with Crippen LogP contribution in [0.15, 0.2) is 12.7 Å². The van der Waals surface area contributed by atoms with E-state index in [9.17, 15) is 19.5 Å². The van der Waals surface area contributed by atoms with E-state index >= 15 is 0 Å². The van der Waals surface area contributed by atoms with Crippen molar-refractivity contribution in [2.75, 3.05) is 6.54 Å². The van der Waals surface area contributed by atoms with Crippen LogP contribution in [0, 0.1) is 11.8 Å². The van der Waals surface area contributed by atoms with Gasteiger partial charge in [-0.05, 0) is 57.4 Å². The fourth-order valence-corrected chi connectivity index (χ4v) is 2.48. The first-order valence-corrected chi connectivity index (χ1v) is 7.20. The number of rotatable bonds is 6. The summed E-state index contributed by atoms with van der Waals surface area (Å²) in [5.41, 5.74) is -1.01. The first-order valence-electron chi connectivity index (χ1n) is 7.20. The minimum atomic E-state index is -1.01. The molecule has 7 heteroatoms. The molecule has 1 rings (SSSR count). The van der Waals surface area contributed by atoms with E-state index in [-0.39, 0.29) is 47.3 Å².